The molecule has 0 bridgehead atoms. The Balaban J connectivity index is 1.74. The first-order valence-electron chi connectivity index (χ1n) is 9.54. The first kappa shape index (κ1) is 20.1. The van der Waals surface area contributed by atoms with E-state index in [0.29, 0.717) is 40.8 Å². The predicted molar refractivity (Wildman–Crippen MR) is 115 cm³/mol. The van der Waals surface area contributed by atoms with Crippen LogP contribution in [0.4, 0.5) is 5.69 Å². The molecule has 5 nitrogen and oxygen atoms in total. The zero-order chi connectivity index (χ0) is 20.6. The van der Waals surface area contributed by atoms with Crippen LogP contribution >= 0.6 is 0 Å². The highest BCUT2D eigenvalue weighted by Gasteiger charge is 2.13. The number of rotatable bonds is 7. The first-order valence-corrected chi connectivity index (χ1v) is 9.54. The van der Waals surface area contributed by atoms with E-state index in [1.807, 2.05) is 56.3 Å². The van der Waals surface area contributed by atoms with Crippen molar-refractivity contribution >= 4 is 17.5 Å². The van der Waals surface area contributed by atoms with E-state index in [0.717, 1.165) is 0 Å². The third kappa shape index (κ3) is 5.69. The molecule has 29 heavy (non-hydrogen) atoms. The van der Waals surface area contributed by atoms with E-state index in [9.17, 15) is 9.59 Å². The van der Waals surface area contributed by atoms with E-state index in [-0.39, 0.29) is 11.8 Å². The highest BCUT2D eigenvalue weighted by molar-refractivity contribution is 6.06. The van der Waals surface area contributed by atoms with Crippen molar-refractivity contribution in [2.24, 2.45) is 5.92 Å². The number of ether oxygens (including phenoxy) is 1. The summed E-state index contributed by atoms with van der Waals surface area (Å²) in [5.41, 5.74) is 1.40. The molecule has 0 saturated heterocycles. The second kappa shape index (κ2) is 9.55. The number of para-hydroxylation sites is 3. The van der Waals surface area contributed by atoms with Crippen LogP contribution in [-0.2, 0) is 0 Å². The van der Waals surface area contributed by atoms with Crippen molar-refractivity contribution in [3.8, 4) is 11.5 Å². The van der Waals surface area contributed by atoms with E-state index < -0.39 is 0 Å². The van der Waals surface area contributed by atoms with E-state index in [1.54, 1.807) is 36.4 Å². The average Bonchev–Trinajstić information content (AvgIpc) is 2.74. The summed E-state index contributed by atoms with van der Waals surface area (Å²) in [7, 11) is 0. The van der Waals surface area contributed by atoms with Crippen LogP contribution in [0.25, 0.3) is 0 Å². The summed E-state index contributed by atoms with van der Waals surface area (Å²) in [6.07, 6.45) is 0. The molecule has 0 atom stereocenters. The van der Waals surface area contributed by atoms with Crippen molar-refractivity contribution < 1.29 is 14.3 Å². The molecule has 148 valence electrons. The van der Waals surface area contributed by atoms with Gasteiger partial charge in [-0.2, -0.15) is 0 Å². The highest BCUT2D eigenvalue weighted by atomic mass is 16.5. The van der Waals surface area contributed by atoms with E-state index >= 15 is 0 Å². The van der Waals surface area contributed by atoms with Crippen LogP contribution in [-0.4, -0.2) is 18.4 Å². The maximum atomic E-state index is 12.8. The zero-order valence-electron chi connectivity index (χ0n) is 16.5. The minimum Gasteiger partial charge on any atom is -0.455 e. The Labute approximate surface area is 170 Å². The van der Waals surface area contributed by atoms with E-state index in [4.69, 9.17) is 4.74 Å². The Kier molecular flexibility index (Phi) is 6.63. The van der Waals surface area contributed by atoms with Gasteiger partial charge in [-0.1, -0.05) is 50.2 Å². The molecule has 0 radical (unpaired) electrons. The van der Waals surface area contributed by atoms with Crippen LogP contribution < -0.4 is 15.4 Å². The quantitative estimate of drug-likeness (QED) is 0.590. The van der Waals surface area contributed by atoms with Crippen LogP contribution in [0.5, 0.6) is 11.5 Å². The molecule has 3 aromatic rings. The minimum absolute atomic E-state index is 0.193. The number of carbonyl (C=O) groups excluding carboxylic acids is 2. The van der Waals surface area contributed by atoms with E-state index in [2.05, 4.69) is 10.6 Å². The van der Waals surface area contributed by atoms with Crippen LogP contribution in [0.2, 0.25) is 0 Å². The molecule has 3 rings (SSSR count). The fourth-order valence-electron chi connectivity index (χ4n) is 2.67. The number of amides is 2. The Morgan fingerprint density at radius 3 is 2.21 bits per heavy atom. The molecule has 5 heteroatoms. The molecule has 3 aromatic carbocycles. The third-order valence-electron chi connectivity index (χ3n) is 4.16. The van der Waals surface area contributed by atoms with Crippen LogP contribution in [0, 0.1) is 5.92 Å². The summed E-state index contributed by atoms with van der Waals surface area (Å²) in [6, 6.07) is 23.2. The number of hydrogen-bond acceptors (Lipinski definition) is 3. The zero-order valence-corrected chi connectivity index (χ0v) is 16.5. The molecule has 2 N–H and O–H groups in total. The SMILES string of the molecule is CC(C)CNC(=O)c1cccc(C(=O)Nc2ccccc2Oc2ccccc2)c1. The monoisotopic (exact) mass is 388 g/mol. The van der Waals surface area contributed by atoms with Crippen LogP contribution in [0.15, 0.2) is 78.9 Å². The van der Waals surface area contributed by atoms with Gasteiger partial charge in [-0.05, 0) is 48.4 Å². The third-order valence-corrected chi connectivity index (χ3v) is 4.16. The Morgan fingerprint density at radius 1 is 0.828 bits per heavy atom. The van der Waals surface area contributed by atoms with Gasteiger partial charge in [0, 0.05) is 17.7 Å². The molecule has 0 saturated carbocycles. The van der Waals surface area contributed by atoms with Gasteiger partial charge in [0.1, 0.15) is 5.75 Å². The molecule has 2 amide bonds. The van der Waals surface area contributed by atoms with Crippen molar-refractivity contribution in [3.63, 3.8) is 0 Å². The summed E-state index contributed by atoms with van der Waals surface area (Å²) in [4.78, 5) is 25.0. The largest absolute Gasteiger partial charge is 0.455 e. The van der Waals surface area contributed by atoms with Gasteiger partial charge in [0.05, 0.1) is 5.69 Å². The summed E-state index contributed by atoms with van der Waals surface area (Å²) in [6.45, 7) is 4.64. The number of nitrogens with one attached hydrogen (secondary N) is 2. The predicted octanol–water partition coefficient (Wildman–Crippen LogP) is 5.12. The molecule has 0 heterocycles. The number of carbonyl (C=O) groups is 2. The summed E-state index contributed by atoms with van der Waals surface area (Å²) < 4.78 is 5.88. The number of anilines is 1. The van der Waals surface area contributed by atoms with Crippen molar-refractivity contribution in [3.05, 3.63) is 90.0 Å². The van der Waals surface area contributed by atoms with Gasteiger partial charge in [-0.25, -0.2) is 0 Å². The van der Waals surface area contributed by atoms with Gasteiger partial charge in [-0.15, -0.1) is 0 Å². The molecule has 0 spiro atoms. The number of benzene rings is 3. The lowest BCUT2D eigenvalue weighted by atomic mass is 10.1. The molecular formula is C24H24N2O3. The molecule has 0 fully saturated rings. The summed E-state index contributed by atoms with van der Waals surface area (Å²) >= 11 is 0. The van der Waals surface area contributed by atoms with Gasteiger partial charge in [-0.3, -0.25) is 9.59 Å². The normalized spacial score (nSPS) is 10.4. The summed E-state index contributed by atoms with van der Waals surface area (Å²) in [5, 5.41) is 5.73. The van der Waals surface area contributed by atoms with Crippen molar-refractivity contribution in [2.75, 3.05) is 11.9 Å². The topological polar surface area (TPSA) is 67.4 Å². The maximum absolute atomic E-state index is 12.8. The molecule has 0 aliphatic heterocycles. The minimum atomic E-state index is -0.312. The first-order chi connectivity index (χ1) is 14.0. The van der Waals surface area contributed by atoms with Gasteiger partial charge >= 0.3 is 0 Å². The van der Waals surface area contributed by atoms with Gasteiger partial charge < -0.3 is 15.4 Å². The van der Waals surface area contributed by atoms with E-state index in [1.165, 1.54) is 0 Å². The van der Waals surface area contributed by atoms with Crippen molar-refractivity contribution in [1.29, 1.82) is 0 Å². The molecule has 0 aliphatic carbocycles. The lowest BCUT2D eigenvalue weighted by Gasteiger charge is -2.13. The van der Waals surface area contributed by atoms with Gasteiger partial charge in [0.2, 0.25) is 0 Å². The number of hydrogen-bond donors (Lipinski definition) is 2. The van der Waals surface area contributed by atoms with Crippen molar-refractivity contribution in [2.45, 2.75) is 13.8 Å². The molecule has 0 aromatic heterocycles. The Hall–Kier alpha value is -3.60. The van der Waals surface area contributed by atoms with Crippen LogP contribution in [0.3, 0.4) is 0 Å². The van der Waals surface area contributed by atoms with Crippen molar-refractivity contribution in [1.82, 2.24) is 5.32 Å². The maximum Gasteiger partial charge on any atom is 0.255 e. The smallest absolute Gasteiger partial charge is 0.255 e. The fraction of sp³-hybridized carbons (Fsp3) is 0.167. The molecule has 0 aliphatic rings. The standard InChI is InChI=1S/C24H24N2O3/c1-17(2)16-25-23(27)18-9-8-10-19(15-18)24(28)26-21-13-6-7-14-22(21)29-20-11-4-3-5-12-20/h3-15,17H,16H2,1-2H3,(H,25,27)(H,26,28). The second-order valence-electron chi connectivity index (χ2n) is 7.05. The fourth-order valence-corrected chi connectivity index (χ4v) is 2.67. The molecular weight excluding hydrogens is 364 g/mol. The van der Waals surface area contributed by atoms with Crippen LogP contribution in [0.1, 0.15) is 34.6 Å². The lowest BCUT2D eigenvalue weighted by Crippen LogP contribution is -2.27. The van der Waals surface area contributed by atoms with Gasteiger partial charge in [0.25, 0.3) is 11.8 Å². The second-order valence-corrected chi connectivity index (χ2v) is 7.05. The average molecular weight is 388 g/mol. The van der Waals surface area contributed by atoms with Gasteiger partial charge in [0.15, 0.2) is 5.75 Å². The Morgan fingerprint density at radius 2 is 1.48 bits per heavy atom. The summed E-state index contributed by atoms with van der Waals surface area (Å²) in [5.74, 6) is 1.07. The molecule has 0 unspecified atom stereocenters. The lowest BCUT2D eigenvalue weighted by molar-refractivity contribution is 0.0949. The Bertz CT molecular complexity index is 984. The highest BCUT2D eigenvalue weighted by Crippen LogP contribution is 2.29.